The minimum atomic E-state index is 0.994. The van der Waals surface area contributed by atoms with E-state index in [1.165, 1.54) is 44.5 Å². The molecule has 0 aliphatic carbocycles. The van der Waals surface area contributed by atoms with Crippen LogP contribution in [-0.2, 0) is 6.54 Å². The molecule has 0 spiro atoms. The van der Waals surface area contributed by atoms with E-state index in [-0.39, 0.29) is 0 Å². The highest BCUT2D eigenvalue weighted by atomic mass is 32.1. The van der Waals surface area contributed by atoms with Gasteiger partial charge in [-0.05, 0) is 54.2 Å². The van der Waals surface area contributed by atoms with Crippen molar-refractivity contribution in [2.75, 3.05) is 13.1 Å². The number of piperidine rings is 1. The average molecular weight is 209 g/mol. The molecule has 2 heterocycles. The fourth-order valence-corrected chi connectivity index (χ4v) is 2.85. The van der Waals surface area contributed by atoms with Gasteiger partial charge in [0.25, 0.3) is 0 Å². The summed E-state index contributed by atoms with van der Waals surface area (Å²) >= 11 is 1.81. The van der Waals surface area contributed by atoms with Gasteiger partial charge in [-0.25, -0.2) is 0 Å². The van der Waals surface area contributed by atoms with E-state index in [4.69, 9.17) is 0 Å². The summed E-state index contributed by atoms with van der Waals surface area (Å²) in [6.07, 6.45) is 4.17. The van der Waals surface area contributed by atoms with Crippen LogP contribution in [0.1, 0.15) is 31.7 Å². The minimum Gasteiger partial charge on any atom is -0.299 e. The third kappa shape index (κ3) is 2.58. The first-order chi connectivity index (χ1) is 6.88. The first-order valence-electron chi connectivity index (χ1n) is 5.62. The molecule has 0 radical (unpaired) electrons. The van der Waals surface area contributed by atoms with Gasteiger partial charge in [0.05, 0.1) is 0 Å². The summed E-state index contributed by atoms with van der Waals surface area (Å²) in [7, 11) is 0. The number of nitrogens with zero attached hydrogens (tertiary/aromatic N) is 1. The van der Waals surface area contributed by atoms with Gasteiger partial charge in [-0.1, -0.05) is 13.3 Å². The third-order valence-electron chi connectivity index (χ3n) is 3.27. The van der Waals surface area contributed by atoms with Crippen molar-refractivity contribution in [2.45, 2.75) is 32.7 Å². The molecule has 1 aliphatic rings. The molecule has 0 bridgehead atoms. The molecular formula is C12H19NS. The summed E-state index contributed by atoms with van der Waals surface area (Å²) in [5.41, 5.74) is 1.49. The molecule has 1 aliphatic heterocycles. The number of likely N-dealkylation sites (tertiary alicyclic amines) is 1. The van der Waals surface area contributed by atoms with Crippen molar-refractivity contribution in [1.82, 2.24) is 4.90 Å². The summed E-state index contributed by atoms with van der Waals surface area (Å²) in [5, 5.41) is 4.44. The van der Waals surface area contributed by atoms with Crippen LogP contribution in [0.3, 0.4) is 0 Å². The molecule has 0 N–H and O–H groups in total. The van der Waals surface area contributed by atoms with E-state index in [9.17, 15) is 0 Å². The van der Waals surface area contributed by atoms with Crippen LogP contribution in [0.4, 0.5) is 0 Å². The molecule has 2 rings (SSSR count). The van der Waals surface area contributed by atoms with Gasteiger partial charge in [0, 0.05) is 6.54 Å². The maximum absolute atomic E-state index is 2.59. The lowest BCUT2D eigenvalue weighted by molar-refractivity contribution is 0.175. The lowest BCUT2D eigenvalue weighted by Crippen LogP contribution is -2.32. The molecule has 1 fully saturated rings. The van der Waals surface area contributed by atoms with Crippen LogP contribution < -0.4 is 0 Å². The predicted molar refractivity (Wildman–Crippen MR) is 62.6 cm³/mol. The van der Waals surface area contributed by atoms with Crippen LogP contribution in [0, 0.1) is 5.92 Å². The summed E-state index contributed by atoms with van der Waals surface area (Å²) in [4.78, 5) is 2.59. The highest BCUT2D eigenvalue weighted by Crippen LogP contribution is 2.21. The van der Waals surface area contributed by atoms with E-state index < -0.39 is 0 Å². The molecule has 1 saturated heterocycles. The molecule has 0 saturated carbocycles. The normalized spacial score (nSPS) is 20.1. The van der Waals surface area contributed by atoms with Crippen molar-refractivity contribution in [2.24, 2.45) is 5.92 Å². The van der Waals surface area contributed by atoms with Gasteiger partial charge in [0.1, 0.15) is 0 Å². The Hall–Kier alpha value is -0.340. The highest BCUT2D eigenvalue weighted by molar-refractivity contribution is 7.07. The minimum absolute atomic E-state index is 0.994. The molecule has 78 valence electrons. The third-order valence-corrected chi connectivity index (χ3v) is 4.00. The zero-order chi connectivity index (χ0) is 9.80. The zero-order valence-electron chi connectivity index (χ0n) is 8.91. The van der Waals surface area contributed by atoms with Crippen molar-refractivity contribution in [3.8, 4) is 0 Å². The van der Waals surface area contributed by atoms with Gasteiger partial charge in [0.2, 0.25) is 0 Å². The molecule has 0 amide bonds. The summed E-state index contributed by atoms with van der Waals surface area (Å²) in [5.74, 6) is 0.994. The van der Waals surface area contributed by atoms with Gasteiger partial charge >= 0.3 is 0 Å². The van der Waals surface area contributed by atoms with E-state index in [0.717, 1.165) is 5.92 Å². The van der Waals surface area contributed by atoms with E-state index in [0.29, 0.717) is 0 Å². The van der Waals surface area contributed by atoms with Crippen molar-refractivity contribution in [1.29, 1.82) is 0 Å². The predicted octanol–water partition coefficient (Wildman–Crippen LogP) is 3.37. The molecule has 0 aromatic carbocycles. The second-order valence-electron chi connectivity index (χ2n) is 4.26. The Kier molecular flexibility index (Phi) is 3.60. The molecule has 1 aromatic heterocycles. The van der Waals surface area contributed by atoms with Crippen LogP contribution in [0.5, 0.6) is 0 Å². The number of thiophene rings is 1. The molecule has 1 nitrogen and oxygen atoms in total. The lowest BCUT2D eigenvalue weighted by atomic mass is 9.94. The van der Waals surface area contributed by atoms with Crippen molar-refractivity contribution in [3.05, 3.63) is 22.4 Å². The second-order valence-corrected chi connectivity index (χ2v) is 5.04. The Morgan fingerprint density at radius 1 is 1.43 bits per heavy atom. The molecule has 2 heteroatoms. The van der Waals surface area contributed by atoms with Crippen LogP contribution in [0.15, 0.2) is 16.8 Å². The van der Waals surface area contributed by atoms with Gasteiger partial charge < -0.3 is 0 Å². The van der Waals surface area contributed by atoms with E-state index in [1.54, 1.807) is 11.3 Å². The zero-order valence-corrected chi connectivity index (χ0v) is 9.72. The monoisotopic (exact) mass is 209 g/mol. The topological polar surface area (TPSA) is 3.24 Å². The quantitative estimate of drug-likeness (QED) is 0.738. The summed E-state index contributed by atoms with van der Waals surface area (Å²) < 4.78 is 0. The first-order valence-corrected chi connectivity index (χ1v) is 6.56. The van der Waals surface area contributed by atoms with E-state index >= 15 is 0 Å². The molecule has 0 atom stereocenters. The van der Waals surface area contributed by atoms with Gasteiger partial charge in [0.15, 0.2) is 0 Å². The van der Waals surface area contributed by atoms with E-state index in [1.807, 2.05) is 0 Å². The summed E-state index contributed by atoms with van der Waals surface area (Å²) in [6, 6.07) is 2.25. The Balaban J connectivity index is 1.79. The standard InChI is InChI=1S/C12H19NS/c1-2-11-3-6-13(7-4-11)9-12-5-8-14-10-12/h5,8,10-11H,2-4,6-7,9H2,1H3. The Morgan fingerprint density at radius 2 is 2.21 bits per heavy atom. The number of hydrogen-bond acceptors (Lipinski definition) is 2. The van der Waals surface area contributed by atoms with Crippen LogP contribution >= 0.6 is 11.3 Å². The second kappa shape index (κ2) is 4.94. The fraction of sp³-hybridized carbons (Fsp3) is 0.667. The van der Waals surface area contributed by atoms with Crippen molar-refractivity contribution < 1.29 is 0 Å². The molecule has 1 aromatic rings. The summed E-state index contributed by atoms with van der Waals surface area (Å²) in [6.45, 7) is 6.09. The maximum Gasteiger partial charge on any atom is 0.0241 e. The molecule has 14 heavy (non-hydrogen) atoms. The SMILES string of the molecule is CCC1CCN(Cc2ccsc2)CC1. The van der Waals surface area contributed by atoms with E-state index in [2.05, 4.69) is 28.7 Å². The first kappa shape index (κ1) is 10.2. The lowest BCUT2D eigenvalue weighted by Gasteiger charge is -2.31. The average Bonchev–Trinajstić information content (AvgIpc) is 2.72. The Labute approximate surface area is 90.7 Å². The fourth-order valence-electron chi connectivity index (χ4n) is 2.19. The van der Waals surface area contributed by atoms with Crippen molar-refractivity contribution >= 4 is 11.3 Å². The Bertz CT molecular complexity index is 247. The molecular weight excluding hydrogens is 190 g/mol. The van der Waals surface area contributed by atoms with Crippen LogP contribution in [0.25, 0.3) is 0 Å². The van der Waals surface area contributed by atoms with Crippen LogP contribution in [-0.4, -0.2) is 18.0 Å². The van der Waals surface area contributed by atoms with Crippen LogP contribution in [0.2, 0.25) is 0 Å². The Morgan fingerprint density at radius 3 is 2.79 bits per heavy atom. The van der Waals surface area contributed by atoms with Crippen molar-refractivity contribution in [3.63, 3.8) is 0 Å². The largest absolute Gasteiger partial charge is 0.299 e. The number of rotatable bonds is 3. The smallest absolute Gasteiger partial charge is 0.0241 e. The van der Waals surface area contributed by atoms with Gasteiger partial charge in [-0.3, -0.25) is 4.90 Å². The maximum atomic E-state index is 2.59. The van der Waals surface area contributed by atoms with Gasteiger partial charge in [-0.2, -0.15) is 11.3 Å². The highest BCUT2D eigenvalue weighted by Gasteiger charge is 2.17. The van der Waals surface area contributed by atoms with Gasteiger partial charge in [-0.15, -0.1) is 0 Å². The molecule has 0 unspecified atom stereocenters. The number of hydrogen-bond donors (Lipinski definition) is 0.